The Hall–Kier alpha value is -2.35. The Balaban J connectivity index is 1.34. The second-order valence-electron chi connectivity index (χ2n) is 7.72. The Morgan fingerprint density at radius 3 is 2.62 bits per heavy atom. The number of pyridine rings is 2. The third-order valence-electron chi connectivity index (χ3n) is 5.71. The number of carbonyl (C=O) groups is 1. The summed E-state index contributed by atoms with van der Waals surface area (Å²) < 4.78 is 5.48. The number of hydrogen-bond donors (Lipinski definition) is 1. The molecule has 2 aromatic heterocycles. The number of hydrogen-bond acceptors (Lipinski definition) is 6. The molecule has 0 spiro atoms. The molecule has 2 fully saturated rings. The van der Waals surface area contributed by atoms with E-state index in [1.807, 2.05) is 30.5 Å². The Kier molecular flexibility index (Phi) is 6.82. The van der Waals surface area contributed by atoms with E-state index < -0.39 is 0 Å². The monoisotopic (exact) mass is 395 g/mol. The standard InChI is InChI=1S/C22H29N5O2/c28-22(21(18-4-3-8-23-16-18)27-12-14-29-15-13-27)25-19-6-10-26(11-7-19)17-20-5-1-2-9-24-20/h1-5,8-9,16,19,21H,6-7,10-15,17H2,(H,25,28). The molecule has 2 aliphatic heterocycles. The predicted molar refractivity (Wildman–Crippen MR) is 110 cm³/mol. The second-order valence-corrected chi connectivity index (χ2v) is 7.72. The van der Waals surface area contributed by atoms with E-state index in [-0.39, 0.29) is 18.0 Å². The van der Waals surface area contributed by atoms with Crippen molar-refractivity contribution < 1.29 is 9.53 Å². The molecule has 154 valence electrons. The Morgan fingerprint density at radius 1 is 1.10 bits per heavy atom. The van der Waals surface area contributed by atoms with Gasteiger partial charge >= 0.3 is 0 Å². The summed E-state index contributed by atoms with van der Waals surface area (Å²) >= 11 is 0. The maximum Gasteiger partial charge on any atom is 0.242 e. The van der Waals surface area contributed by atoms with Crippen molar-refractivity contribution in [1.29, 1.82) is 0 Å². The zero-order valence-electron chi connectivity index (χ0n) is 16.7. The lowest BCUT2D eigenvalue weighted by Gasteiger charge is -2.36. The summed E-state index contributed by atoms with van der Waals surface area (Å²) in [4.78, 5) is 26.5. The highest BCUT2D eigenvalue weighted by Crippen LogP contribution is 2.23. The van der Waals surface area contributed by atoms with E-state index in [1.54, 1.807) is 12.4 Å². The number of morpholine rings is 1. The van der Waals surface area contributed by atoms with Crippen molar-refractivity contribution in [2.45, 2.75) is 31.5 Å². The minimum absolute atomic E-state index is 0.0723. The van der Waals surface area contributed by atoms with Gasteiger partial charge < -0.3 is 10.1 Å². The number of ether oxygens (including phenoxy) is 1. The molecule has 29 heavy (non-hydrogen) atoms. The van der Waals surface area contributed by atoms with Crippen molar-refractivity contribution in [3.63, 3.8) is 0 Å². The quantitative estimate of drug-likeness (QED) is 0.802. The van der Waals surface area contributed by atoms with Crippen LogP contribution in [0.15, 0.2) is 48.9 Å². The van der Waals surface area contributed by atoms with Gasteiger partial charge in [-0.1, -0.05) is 12.1 Å². The number of carbonyl (C=O) groups excluding carboxylic acids is 1. The number of aromatic nitrogens is 2. The minimum atomic E-state index is -0.306. The molecule has 0 bridgehead atoms. The number of nitrogens with zero attached hydrogens (tertiary/aromatic N) is 4. The fourth-order valence-electron chi connectivity index (χ4n) is 4.14. The summed E-state index contributed by atoms with van der Waals surface area (Å²) in [5, 5.41) is 3.31. The topological polar surface area (TPSA) is 70.6 Å². The first-order valence-corrected chi connectivity index (χ1v) is 10.4. The van der Waals surface area contributed by atoms with Gasteiger partial charge in [-0.15, -0.1) is 0 Å². The number of nitrogens with one attached hydrogen (secondary N) is 1. The maximum absolute atomic E-state index is 13.2. The molecule has 1 N–H and O–H groups in total. The molecule has 4 heterocycles. The molecule has 4 rings (SSSR count). The lowest BCUT2D eigenvalue weighted by Crippen LogP contribution is -2.50. The maximum atomic E-state index is 13.2. The number of piperidine rings is 1. The molecule has 1 unspecified atom stereocenters. The van der Waals surface area contributed by atoms with Crippen molar-refractivity contribution in [3.8, 4) is 0 Å². The fraction of sp³-hybridized carbons (Fsp3) is 0.500. The van der Waals surface area contributed by atoms with Crippen molar-refractivity contribution in [3.05, 3.63) is 60.2 Å². The molecular formula is C22H29N5O2. The van der Waals surface area contributed by atoms with E-state index in [4.69, 9.17) is 4.74 Å². The van der Waals surface area contributed by atoms with Crippen LogP contribution in [0.1, 0.15) is 30.1 Å². The molecule has 2 aliphatic rings. The van der Waals surface area contributed by atoms with Gasteiger partial charge in [-0.2, -0.15) is 0 Å². The van der Waals surface area contributed by atoms with Crippen molar-refractivity contribution in [1.82, 2.24) is 25.1 Å². The smallest absolute Gasteiger partial charge is 0.242 e. The molecule has 0 aromatic carbocycles. The summed E-state index contributed by atoms with van der Waals surface area (Å²) in [7, 11) is 0. The zero-order valence-corrected chi connectivity index (χ0v) is 16.7. The Morgan fingerprint density at radius 2 is 1.93 bits per heavy atom. The normalized spacial score (nSPS) is 20.3. The Bertz CT molecular complexity index is 759. The number of likely N-dealkylation sites (tertiary alicyclic amines) is 1. The molecule has 7 nitrogen and oxygen atoms in total. The molecule has 2 saturated heterocycles. The molecule has 1 atom stereocenters. The lowest BCUT2D eigenvalue weighted by atomic mass is 10.0. The highest BCUT2D eigenvalue weighted by Gasteiger charge is 2.31. The summed E-state index contributed by atoms with van der Waals surface area (Å²) in [6.07, 6.45) is 7.31. The van der Waals surface area contributed by atoms with Gasteiger partial charge in [-0.25, -0.2) is 0 Å². The average Bonchev–Trinajstić information content (AvgIpc) is 2.78. The van der Waals surface area contributed by atoms with E-state index in [0.29, 0.717) is 13.2 Å². The van der Waals surface area contributed by atoms with Crippen LogP contribution in [0.5, 0.6) is 0 Å². The van der Waals surface area contributed by atoms with Crippen LogP contribution in [-0.2, 0) is 16.1 Å². The van der Waals surface area contributed by atoms with E-state index in [0.717, 1.165) is 56.8 Å². The first kappa shape index (κ1) is 19.9. The van der Waals surface area contributed by atoms with Gasteiger partial charge in [-0.3, -0.25) is 24.6 Å². The predicted octanol–water partition coefficient (Wildman–Crippen LogP) is 1.63. The van der Waals surface area contributed by atoms with Gasteiger partial charge in [0.1, 0.15) is 6.04 Å². The van der Waals surface area contributed by atoms with Crippen molar-refractivity contribution >= 4 is 5.91 Å². The van der Waals surface area contributed by atoms with E-state index in [1.165, 1.54) is 0 Å². The summed E-state index contributed by atoms with van der Waals surface area (Å²) in [6.45, 7) is 5.65. The SMILES string of the molecule is O=C(NC1CCN(Cc2ccccn2)CC1)C(c1cccnc1)N1CCOCC1. The largest absolute Gasteiger partial charge is 0.379 e. The highest BCUT2D eigenvalue weighted by atomic mass is 16.5. The van der Waals surface area contributed by atoms with Crippen LogP contribution in [0.3, 0.4) is 0 Å². The molecule has 0 saturated carbocycles. The highest BCUT2D eigenvalue weighted by molar-refractivity contribution is 5.83. The van der Waals surface area contributed by atoms with Crippen LogP contribution in [0, 0.1) is 0 Å². The molecule has 0 aliphatic carbocycles. The summed E-state index contributed by atoms with van der Waals surface area (Å²) in [5.74, 6) is 0.0723. The van der Waals surface area contributed by atoms with Gasteiger partial charge in [0, 0.05) is 57.4 Å². The van der Waals surface area contributed by atoms with Crippen LogP contribution < -0.4 is 5.32 Å². The molecule has 7 heteroatoms. The fourth-order valence-corrected chi connectivity index (χ4v) is 4.14. The van der Waals surface area contributed by atoms with E-state index >= 15 is 0 Å². The lowest BCUT2D eigenvalue weighted by molar-refractivity contribution is -0.129. The molecule has 0 radical (unpaired) electrons. The Labute approximate surface area is 172 Å². The third kappa shape index (κ3) is 5.38. The van der Waals surface area contributed by atoms with Crippen LogP contribution in [0.25, 0.3) is 0 Å². The van der Waals surface area contributed by atoms with Crippen LogP contribution >= 0.6 is 0 Å². The van der Waals surface area contributed by atoms with Gasteiger partial charge in [0.05, 0.1) is 18.9 Å². The van der Waals surface area contributed by atoms with Crippen LogP contribution in [-0.4, -0.2) is 71.1 Å². The number of rotatable bonds is 6. The number of amides is 1. The van der Waals surface area contributed by atoms with Crippen LogP contribution in [0.2, 0.25) is 0 Å². The third-order valence-corrected chi connectivity index (χ3v) is 5.71. The van der Waals surface area contributed by atoms with Gasteiger partial charge in [-0.05, 0) is 36.6 Å². The van der Waals surface area contributed by atoms with Crippen molar-refractivity contribution in [2.24, 2.45) is 0 Å². The van der Waals surface area contributed by atoms with Crippen molar-refractivity contribution in [2.75, 3.05) is 39.4 Å². The summed E-state index contributed by atoms with van der Waals surface area (Å²) in [6, 6.07) is 9.82. The minimum Gasteiger partial charge on any atom is -0.379 e. The van der Waals surface area contributed by atoms with E-state index in [9.17, 15) is 4.79 Å². The van der Waals surface area contributed by atoms with Gasteiger partial charge in [0.2, 0.25) is 5.91 Å². The first-order valence-electron chi connectivity index (χ1n) is 10.4. The molecular weight excluding hydrogens is 366 g/mol. The second kappa shape index (κ2) is 9.91. The zero-order chi connectivity index (χ0) is 19.9. The van der Waals surface area contributed by atoms with Gasteiger partial charge in [0.25, 0.3) is 0 Å². The molecule has 1 amide bonds. The van der Waals surface area contributed by atoms with E-state index in [2.05, 4.69) is 31.2 Å². The summed E-state index contributed by atoms with van der Waals surface area (Å²) in [5.41, 5.74) is 2.04. The van der Waals surface area contributed by atoms with Gasteiger partial charge in [0.15, 0.2) is 0 Å². The van der Waals surface area contributed by atoms with Crippen LogP contribution in [0.4, 0.5) is 0 Å². The first-order chi connectivity index (χ1) is 14.3. The average molecular weight is 396 g/mol. The molecule has 2 aromatic rings.